The van der Waals surface area contributed by atoms with Crippen molar-refractivity contribution in [1.29, 1.82) is 0 Å². The van der Waals surface area contributed by atoms with Gasteiger partial charge in [0.1, 0.15) is 17.6 Å². The molecular formula is C32H37FN2O3. The number of ether oxygens (including phenoxy) is 1. The first-order chi connectivity index (χ1) is 18.4. The summed E-state index contributed by atoms with van der Waals surface area (Å²) in [6.45, 7) is 3.93. The van der Waals surface area contributed by atoms with Gasteiger partial charge in [0.05, 0.1) is 0 Å². The van der Waals surface area contributed by atoms with E-state index in [2.05, 4.69) is 5.32 Å². The molecular weight excluding hydrogens is 479 g/mol. The molecule has 3 aromatic rings. The Hall–Kier alpha value is -3.67. The molecule has 1 aliphatic carbocycles. The number of halogens is 1. The number of benzene rings is 3. The average molecular weight is 517 g/mol. The molecule has 38 heavy (non-hydrogen) atoms. The van der Waals surface area contributed by atoms with Crippen molar-refractivity contribution in [3.8, 4) is 5.75 Å². The summed E-state index contributed by atoms with van der Waals surface area (Å²) in [4.78, 5) is 29.1. The van der Waals surface area contributed by atoms with Crippen LogP contribution in [-0.4, -0.2) is 35.4 Å². The van der Waals surface area contributed by atoms with Gasteiger partial charge in [-0.15, -0.1) is 0 Å². The van der Waals surface area contributed by atoms with Crippen LogP contribution in [0.2, 0.25) is 0 Å². The molecule has 5 nitrogen and oxygen atoms in total. The molecule has 6 heteroatoms. The van der Waals surface area contributed by atoms with Gasteiger partial charge in [-0.1, -0.05) is 67.8 Å². The molecule has 0 aromatic heterocycles. The maximum Gasteiger partial charge on any atom is 0.261 e. The number of amides is 2. The number of rotatable bonds is 10. The highest BCUT2D eigenvalue weighted by atomic mass is 19.1. The lowest BCUT2D eigenvalue weighted by Crippen LogP contribution is -2.53. The van der Waals surface area contributed by atoms with E-state index in [4.69, 9.17) is 4.74 Å². The van der Waals surface area contributed by atoms with Crippen LogP contribution in [-0.2, 0) is 22.6 Å². The van der Waals surface area contributed by atoms with Gasteiger partial charge in [-0.25, -0.2) is 4.39 Å². The molecule has 2 amide bonds. The topological polar surface area (TPSA) is 58.6 Å². The summed E-state index contributed by atoms with van der Waals surface area (Å²) >= 11 is 0. The molecule has 0 heterocycles. The third-order valence-corrected chi connectivity index (χ3v) is 7.05. The summed E-state index contributed by atoms with van der Waals surface area (Å²) in [5.41, 5.74) is 3.80. The predicted octanol–water partition coefficient (Wildman–Crippen LogP) is 5.91. The number of hydrogen-bond acceptors (Lipinski definition) is 3. The van der Waals surface area contributed by atoms with Crippen LogP contribution in [0, 0.1) is 19.7 Å². The van der Waals surface area contributed by atoms with E-state index in [-0.39, 0.29) is 36.8 Å². The largest absolute Gasteiger partial charge is 0.484 e. The van der Waals surface area contributed by atoms with Crippen LogP contribution in [0.15, 0.2) is 72.8 Å². The maximum atomic E-state index is 13.8. The summed E-state index contributed by atoms with van der Waals surface area (Å²) < 4.78 is 19.5. The van der Waals surface area contributed by atoms with Gasteiger partial charge in [0.2, 0.25) is 5.91 Å². The van der Waals surface area contributed by atoms with Gasteiger partial charge in [-0.2, -0.15) is 0 Å². The molecule has 0 radical (unpaired) electrons. The van der Waals surface area contributed by atoms with Crippen LogP contribution in [0.4, 0.5) is 4.39 Å². The number of aryl methyl sites for hydroxylation is 2. The first kappa shape index (κ1) is 27.4. The minimum atomic E-state index is -0.736. The SMILES string of the molecule is Cc1cc(C)cc(OCC(=O)N(Cc2ccc(F)cc2)[C@@H](Cc2ccccc2)C(=O)NC2CCCCC2)c1. The molecule has 4 rings (SSSR count). The van der Waals surface area contributed by atoms with Crippen molar-refractivity contribution in [1.82, 2.24) is 10.2 Å². The van der Waals surface area contributed by atoms with E-state index in [0.717, 1.165) is 47.9 Å². The van der Waals surface area contributed by atoms with Crippen LogP contribution >= 0.6 is 0 Å². The number of nitrogens with one attached hydrogen (secondary N) is 1. The molecule has 1 atom stereocenters. The molecule has 0 aliphatic heterocycles. The first-order valence-electron chi connectivity index (χ1n) is 13.5. The lowest BCUT2D eigenvalue weighted by molar-refractivity contribution is -0.143. The third-order valence-electron chi connectivity index (χ3n) is 7.05. The summed E-state index contributed by atoms with van der Waals surface area (Å²) in [6.07, 6.45) is 5.64. The van der Waals surface area contributed by atoms with Gasteiger partial charge in [-0.3, -0.25) is 9.59 Å². The highest BCUT2D eigenvalue weighted by Gasteiger charge is 2.32. The van der Waals surface area contributed by atoms with Gasteiger partial charge in [-0.05, 0) is 73.2 Å². The van der Waals surface area contributed by atoms with E-state index < -0.39 is 6.04 Å². The van der Waals surface area contributed by atoms with Crippen molar-refractivity contribution in [2.75, 3.05) is 6.61 Å². The van der Waals surface area contributed by atoms with Crippen LogP contribution in [0.5, 0.6) is 5.75 Å². The predicted molar refractivity (Wildman–Crippen MR) is 147 cm³/mol. The Morgan fingerprint density at radius 1 is 0.921 bits per heavy atom. The highest BCUT2D eigenvalue weighted by molar-refractivity contribution is 5.88. The smallest absolute Gasteiger partial charge is 0.261 e. The summed E-state index contributed by atoms with van der Waals surface area (Å²) in [5, 5.41) is 3.22. The normalized spacial score (nSPS) is 14.5. The lowest BCUT2D eigenvalue weighted by Gasteiger charge is -2.33. The zero-order valence-electron chi connectivity index (χ0n) is 22.3. The fraction of sp³-hybridized carbons (Fsp3) is 0.375. The van der Waals surface area contributed by atoms with E-state index in [0.29, 0.717) is 12.2 Å². The number of carbonyl (C=O) groups excluding carboxylic acids is 2. The fourth-order valence-corrected chi connectivity index (χ4v) is 5.13. The second-order valence-corrected chi connectivity index (χ2v) is 10.3. The van der Waals surface area contributed by atoms with Crippen molar-refractivity contribution in [3.63, 3.8) is 0 Å². The van der Waals surface area contributed by atoms with E-state index in [1.807, 2.05) is 62.4 Å². The third kappa shape index (κ3) is 7.91. The Morgan fingerprint density at radius 3 is 2.24 bits per heavy atom. The summed E-state index contributed by atoms with van der Waals surface area (Å²) in [5.74, 6) is -0.194. The Bertz CT molecular complexity index is 1190. The van der Waals surface area contributed by atoms with Crippen LogP contribution in [0.3, 0.4) is 0 Å². The Labute approximate surface area is 225 Å². The molecule has 1 N–H and O–H groups in total. The van der Waals surface area contributed by atoms with E-state index in [9.17, 15) is 14.0 Å². The van der Waals surface area contributed by atoms with E-state index >= 15 is 0 Å². The second kappa shape index (κ2) is 13.2. The zero-order chi connectivity index (χ0) is 26.9. The number of hydrogen-bond donors (Lipinski definition) is 1. The summed E-state index contributed by atoms with van der Waals surface area (Å²) in [7, 11) is 0. The van der Waals surface area contributed by atoms with Gasteiger partial charge in [0.25, 0.3) is 5.91 Å². The molecule has 1 saturated carbocycles. The molecule has 3 aromatic carbocycles. The monoisotopic (exact) mass is 516 g/mol. The molecule has 1 aliphatic rings. The second-order valence-electron chi connectivity index (χ2n) is 10.3. The summed E-state index contributed by atoms with van der Waals surface area (Å²) in [6, 6.07) is 21.0. The van der Waals surface area contributed by atoms with E-state index in [1.54, 1.807) is 17.0 Å². The molecule has 0 bridgehead atoms. The van der Waals surface area contributed by atoms with Gasteiger partial charge >= 0.3 is 0 Å². The van der Waals surface area contributed by atoms with Gasteiger partial charge in [0.15, 0.2) is 6.61 Å². The number of nitrogens with zero attached hydrogens (tertiary/aromatic N) is 1. The minimum Gasteiger partial charge on any atom is -0.484 e. The van der Waals surface area contributed by atoms with E-state index in [1.165, 1.54) is 18.6 Å². The highest BCUT2D eigenvalue weighted by Crippen LogP contribution is 2.21. The lowest BCUT2D eigenvalue weighted by atomic mass is 9.94. The molecule has 200 valence electrons. The van der Waals surface area contributed by atoms with Crippen molar-refractivity contribution >= 4 is 11.8 Å². The van der Waals surface area contributed by atoms with Crippen molar-refractivity contribution in [3.05, 3.63) is 101 Å². The van der Waals surface area contributed by atoms with Crippen molar-refractivity contribution < 1.29 is 18.7 Å². The molecule has 0 saturated heterocycles. The van der Waals surface area contributed by atoms with Crippen LogP contribution in [0.25, 0.3) is 0 Å². The average Bonchev–Trinajstić information content (AvgIpc) is 2.91. The zero-order valence-corrected chi connectivity index (χ0v) is 22.3. The van der Waals surface area contributed by atoms with Gasteiger partial charge < -0.3 is 15.0 Å². The van der Waals surface area contributed by atoms with Crippen LogP contribution < -0.4 is 10.1 Å². The maximum absolute atomic E-state index is 13.8. The Morgan fingerprint density at radius 2 is 1.58 bits per heavy atom. The molecule has 0 spiro atoms. The first-order valence-corrected chi connectivity index (χ1v) is 13.5. The quantitative estimate of drug-likeness (QED) is 0.364. The fourth-order valence-electron chi connectivity index (χ4n) is 5.13. The minimum absolute atomic E-state index is 0.115. The number of carbonyl (C=O) groups is 2. The van der Waals surface area contributed by atoms with Crippen molar-refractivity contribution in [2.24, 2.45) is 0 Å². The molecule has 1 fully saturated rings. The van der Waals surface area contributed by atoms with Crippen LogP contribution in [0.1, 0.15) is 54.4 Å². The van der Waals surface area contributed by atoms with Crippen molar-refractivity contribution in [2.45, 2.75) is 71.0 Å². The standard InChI is InChI=1S/C32H37FN2O3/c1-23-17-24(2)19-29(18-23)38-22-31(36)35(21-26-13-15-27(33)16-14-26)30(20-25-9-5-3-6-10-25)32(37)34-28-11-7-4-8-12-28/h3,5-6,9-10,13-19,28,30H,4,7-8,11-12,20-22H2,1-2H3,(H,34,37)/t30-/m0/s1. The van der Waals surface area contributed by atoms with Gasteiger partial charge in [0, 0.05) is 19.0 Å². The Balaban J connectivity index is 1.61. The Kier molecular flexibility index (Phi) is 9.52. The molecule has 0 unspecified atom stereocenters.